The Labute approximate surface area is 167 Å². The molecule has 1 aromatic rings. The van der Waals surface area contributed by atoms with Crippen LogP contribution in [-0.2, 0) is 9.16 Å². The molecule has 1 aliphatic heterocycles. The Morgan fingerprint density at radius 2 is 1.96 bits per heavy atom. The molecule has 0 aliphatic carbocycles. The van der Waals surface area contributed by atoms with Crippen LogP contribution in [0.1, 0.15) is 42.9 Å². The van der Waals surface area contributed by atoms with Crippen molar-refractivity contribution in [2.45, 2.75) is 52.8 Å². The fourth-order valence-electron chi connectivity index (χ4n) is 2.62. The zero-order valence-electron chi connectivity index (χ0n) is 17.5. The number of carbonyl (C=O) groups is 2. The zero-order valence-corrected chi connectivity index (χ0v) is 19.4. The Morgan fingerprint density at radius 1 is 1.30 bits per heavy atom. The van der Waals surface area contributed by atoms with Crippen LogP contribution < -0.4 is 4.90 Å². The van der Waals surface area contributed by atoms with E-state index in [-0.39, 0.29) is 17.0 Å². The van der Waals surface area contributed by atoms with E-state index in [1.165, 1.54) is 11.3 Å². The summed E-state index contributed by atoms with van der Waals surface area (Å²) >= 11 is 1.32. The molecule has 0 saturated carbocycles. The molecule has 0 unspecified atom stereocenters. The molecule has 8 heteroatoms. The van der Waals surface area contributed by atoms with Gasteiger partial charge in [0.1, 0.15) is 9.88 Å². The van der Waals surface area contributed by atoms with Gasteiger partial charge in [-0.15, -0.1) is 11.3 Å². The number of amides is 2. The Balaban J connectivity index is 1.97. The molecule has 0 atom stereocenters. The average molecular weight is 413 g/mol. The molecule has 0 spiro atoms. The van der Waals surface area contributed by atoms with E-state index in [0.717, 1.165) is 10.6 Å². The van der Waals surface area contributed by atoms with Gasteiger partial charge in [-0.3, -0.25) is 4.90 Å². The number of thiophene rings is 1. The molecule has 1 aromatic heterocycles. The minimum Gasteiger partial charge on any atom is -0.462 e. The van der Waals surface area contributed by atoms with Crippen molar-refractivity contribution in [1.29, 1.82) is 0 Å². The number of hydrogen-bond acceptors (Lipinski definition) is 5. The van der Waals surface area contributed by atoms with E-state index in [2.05, 4.69) is 33.9 Å². The molecular formula is C19H32N2O4SSi. The van der Waals surface area contributed by atoms with Crippen molar-refractivity contribution < 1.29 is 18.8 Å². The van der Waals surface area contributed by atoms with Crippen LogP contribution in [0.4, 0.5) is 9.80 Å². The van der Waals surface area contributed by atoms with E-state index in [9.17, 15) is 9.59 Å². The molecule has 2 rings (SSSR count). The fraction of sp³-hybridized carbons (Fsp3) is 0.684. The van der Waals surface area contributed by atoms with Gasteiger partial charge in [0.2, 0.25) is 0 Å². The van der Waals surface area contributed by atoms with Gasteiger partial charge in [-0.1, -0.05) is 20.8 Å². The van der Waals surface area contributed by atoms with Crippen molar-refractivity contribution >= 4 is 36.7 Å². The molecular weight excluding hydrogens is 380 g/mol. The highest BCUT2D eigenvalue weighted by Crippen LogP contribution is 2.36. The summed E-state index contributed by atoms with van der Waals surface area (Å²) in [5, 5.41) is 0.958. The minimum atomic E-state index is -1.81. The summed E-state index contributed by atoms with van der Waals surface area (Å²) in [6.45, 7) is 17.5. The van der Waals surface area contributed by atoms with Gasteiger partial charge in [-0.25, -0.2) is 9.59 Å². The summed E-state index contributed by atoms with van der Waals surface area (Å²) < 4.78 is 11.3. The second-order valence-corrected chi connectivity index (χ2v) is 14.2. The molecule has 27 heavy (non-hydrogen) atoms. The van der Waals surface area contributed by atoms with E-state index in [0.29, 0.717) is 37.7 Å². The number of aryl methyl sites for hydroxylation is 1. The second kappa shape index (κ2) is 8.32. The van der Waals surface area contributed by atoms with Crippen LogP contribution in [0.25, 0.3) is 0 Å². The summed E-state index contributed by atoms with van der Waals surface area (Å²) in [4.78, 5) is 28.9. The molecule has 152 valence electrons. The van der Waals surface area contributed by atoms with E-state index in [1.54, 1.807) is 11.8 Å². The predicted octanol–water partition coefficient (Wildman–Crippen LogP) is 4.50. The standard InChI is InChI=1S/C19H32N2O4SSi/c1-8-24-17(22)16-14(2)13-15(26-16)21-10-9-20(18(21)23)11-12-25-27(6,7)19(3,4)5/h13H,8-12H2,1-7H3. The number of esters is 1. The monoisotopic (exact) mass is 412 g/mol. The number of urea groups is 1. The Kier molecular flexibility index (Phi) is 6.75. The summed E-state index contributed by atoms with van der Waals surface area (Å²) in [5.74, 6) is -0.322. The number of rotatable bonds is 7. The largest absolute Gasteiger partial charge is 0.462 e. The average Bonchev–Trinajstić information content (AvgIpc) is 3.10. The van der Waals surface area contributed by atoms with Gasteiger partial charge in [0.05, 0.1) is 13.2 Å². The van der Waals surface area contributed by atoms with Crippen LogP contribution in [0, 0.1) is 6.92 Å². The quantitative estimate of drug-likeness (QED) is 0.489. The maximum atomic E-state index is 12.8. The summed E-state index contributed by atoms with van der Waals surface area (Å²) in [5.41, 5.74) is 0.848. The van der Waals surface area contributed by atoms with E-state index >= 15 is 0 Å². The number of hydrogen-bond donors (Lipinski definition) is 0. The maximum Gasteiger partial charge on any atom is 0.348 e. The van der Waals surface area contributed by atoms with Crippen molar-refractivity contribution in [3.63, 3.8) is 0 Å². The van der Waals surface area contributed by atoms with Gasteiger partial charge >= 0.3 is 12.0 Å². The molecule has 0 N–H and O–H groups in total. The van der Waals surface area contributed by atoms with Crippen molar-refractivity contribution in [2.24, 2.45) is 0 Å². The number of carbonyl (C=O) groups excluding carboxylic acids is 2. The minimum absolute atomic E-state index is 0.0227. The van der Waals surface area contributed by atoms with E-state index in [4.69, 9.17) is 9.16 Å². The Morgan fingerprint density at radius 3 is 2.56 bits per heavy atom. The molecule has 0 bridgehead atoms. The maximum absolute atomic E-state index is 12.8. The van der Waals surface area contributed by atoms with Gasteiger partial charge in [-0.2, -0.15) is 0 Å². The Hall–Kier alpha value is -1.38. The number of anilines is 1. The van der Waals surface area contributed by atoms with Crippen LogP contribution >= 0.6 is 11.3 Å². The predicted molar refractivity (Wildman–Crippen MR) is 112 cm³/mol. The third-order valence-corrected chi connectivity index (χ3v) is 11.1. The molecule has 1 saturated heterocycles. The summed E-state index contributed by atoms with van der Waals surface area (Å²) in [7, 11) is -1.81. The third-order valence-electron chi connectivity index (χ3n) is 5.36. The van der Waals surface area contributed by atoms with Gasteiger partial charge < -0.3 is 14.1 Å². The number of ether oxygens (including phenoxy) is 1. The molecule has 6 nitrogen and oxygen atoms in total. The number of nitrogens with zero attached hydrogens (tertiary/aromatic N) is 2. The molecule has 1 fully saturated rings. The van der Waals surface area contributed by atoms with E-state index in [1.807, 2.05) is 17.9 Å². The zero-order chi connectivity index (χ0) is 20.4. The SMILES string of the molecule is CCOC(=O)c1sc(N2CCN(CCO[Si](C)(C)C(C)(C)C)C2=O)cc1C. The normalized spacial score (nSPS) is 15.6. The fourth-order valence-corrected chi connectivity index (χ4v) is 4.74. The van der Waals surface area contributed by atoms with Crippen LogP contribution in [-0.4, -0.2) is 58.1 Å². The summed E-state index contributed by atoms with van der Waals surface area (Å²) in [6.07, 6.45) is 0. The highest BCUT2D eigenvalue weighted by atomic mass is 32.1. The van der Waals surface area contributed by atoms with Crippen molar-refractivity contribution in [2.75, 3.05) is 37.7 Å². The first-order valence-electron chi connectivity index (χ1n) is 9.46. The van der Waals surface area contributed by atoms with Crippen LogP contribution in [0.5, 0.6) is 0 Å². The first-order valence-corrected chi connectivity index (χ1v) is 13.2. The lowest BCUT2D eigenvalue weighted by molar-refractivity contribution is 0.0531. The molecule has 0 radical (unpaired) electrons. The third kappa shape index (κ3) is 4.91. The van der Waals surface area contributed by atoms with Crippen molar-refractivity contribution in [3.05, 3.63) is 16.5 Å². The second-order valence-electron chi connectivity index (χ2n) is 8.35. The highest BCUT2D eigenvalue weighted by Gasteiger charge is 2.38. The first-order chi connectivity index (χ1) is 12.5. The summed E-state index contributed by atoms with van der Waals surface area (Å²) in [6, 6.07) is 1.87. The van der Waals surface area contributed by atoms with Crippen LogP contribution in [0.2, 0.25) is 18.1 Å². The topological polar surface area (TPSA) is 59.1 Å². The van der Waals surface area contributed by atoms with Gasteiger partial charge in [0, 0.05) is 19.6 Å². The van der Waals surface area contributed by atoms with Gasteiger partial charge in [0.25, 0.3) is 0 Å². The van der Waals surface area contributed by atoms with Crippen LogP contribution in [0.3, 0.4) is 0 Å². The van der Waals surface area contributed by atoms with Crippen molar-refractivity contribution in [3.8, 4) is 0 Å². The lowest BCUT2D eigenvalue weighted by atomic mass is 10.2. The van der Waals surface area contributed by atoms with Gasteiger partial charge in [0.15, 0.2) is 8.32 Å². The lowest BCUT2D eigenvalue weighted by Crippen LogP contribution is -2.43. The Bertz CT molecular complexity index is 696. The molecule has 2 amide bonds. The van der Waals surface area contributed by atoms with Crippen molar-refractivity contribution in [1.82, 2.24) is 4.90 Å². The molecule has 2 heterocycles. The molecule has 1 aliphatic rings. The highest BCUT2D eigenvalue weighted by molar-refractivity contribution is 7.18. The lowest BCUT2D eigenvalue weighted by Gasteiger charge is -2.36. The van der Waals surface area contributed by atoms with Crippen LogP contribution in [0.15, 0.2) is 6.07 Å². The smallest absolute Gasteiger partial charge is 0.348 e. The molecule has 0 aromatic carbocycles. The van der Waals surface area contributed by atoms with E-state index < -0.39 is 8.32 Å². The van der Waals surface area contributed by atoms with Gasteiger partial charge in [-0.05, 0) is 43.6 Å². The first kappa shape index (κ1) is 21.9.